The summed E-state index contributed by atoms with van der Waals surface area (Å²) in [4.78, 5) is 18.0. The molecule has 1 aliphatic rings. The molecule has 0 aliphatic carbocycles. The fourth-order valence-corrected chi connectivity index (χ4v) is 4.31. The van der Waals surface area contributed by atoms with Crippen LogP contribution in [0, 0.1) is 13.8 Å². The van der Waals surface area contributed by atoms with Crippen molar-refractivity contribution in [3.05, 3.63) is 59.3 Å². The molecular weight excluding hydrogens is 376 g/mol. The lowest BCUT2D eigenvalue weighted by molar-refractivity contribution is -0.132. The minimum absolute atomic E-state index is 0.180. The number of nitrogens with zero attached hydrogens (tertiary/aromatic N) is 1. The summed E-state index contributed by atoms with van der Waals surface area (Å²) in [5.41, 5.74) is 4.80. The minimum atomic E-state index is 0.180. The highest BCUT2D eigenvalue weighted by atomic mass is 16.5. The van der Waals surface area contributed by atoms with Gasteiger partial charge in [-0.05, 0) is 73.6 Å². The molecular formula is C25H30N2O3. The molecule has 4 rings (SSSR count). The lowest BCUT2D eigenvalue weighted by Crippen LogP contribution is -2.38. The Bertz CT molecular complexity index is 1030. The van der Waals surface area contributed by atoms with E-state index in [0.717, 1.165) is 48.5 Å². The predicted molar refractivity (Wildman–Crippen MR) is 119 cm³/mol. The molecule has 5 nitrogen and oxygen atoms in total. The van der Waals surface area contributed by atoms with E-state index in [1.807, 2.05) is 23.1 Å². The molecule has 0 radical (unpaired) electrons. The maximum Gasteiger partial charge on any atom is 0.225 e. The number of piperidine rings is 1. The normalized spacial score (nSPS) is 14.8. The summed E-state index contributed by atoms with van der Waals surface area (Å²) in [7, 11) is 1.70. The summed E-state index contributed by atoms with van der Waals surface area (Å²) in [5.74, 6) is 2.39. The van der Waals surface area contributed by atoms with Gasteiger partial charge in [-0.3, -0.25) is 4.79 Å². The summed E-state index contributed by atoms with van der Waals surface area (Å²) < 4.78 is 11.3. The van der Waals surface area contributed by atoms with E-state index in [4.69, 9.17) is 9.47 Å². The van der Waals surface area contributed by atoms with Crippen LogP contribution in [0.25, 0.3) is 10.9 Å². The first kappa shape index (κ1) is 20.3. The van der Waals surface area contributed by atoms with Crippen molar-refractivity contribution in [2.75, 3.05) is 26.8 Å². The fourth-order valence-electron chi connectivity index (χ4n) is 4.31. The lowest BCUT2D eigenvalue weighted by Gasteiger charge is -2.32. The summed E-state index contributed by atoms with van der Waals surface area (Å²) in [5, 5.41) is 1.22. The van der Waals surface area contributed by atoms with Crippen molar-refractivity contribution < 1.29 is 14.3 Å². The maximum absolute atomic E-state index is 12.7. The first-order valence-electron chi connectivity index (χ1n) is 10.7. The molecule has 1 fully saturated rings. The number of likely N-dealkylation sites (tertiary alicyclic amines) is 1. The molecule has 0 spiro atoms. The molecule has 1 N–H and O–H groups in total. The number of H-pyrrole nitrogens is 1. The summed E-state index contributed by atoms with van der Waals surface area (Å²) in [6.07, 6.45) is 4.49. The zero-order valence-electron chi connectivity index (χ0n) is 18.0. The Kier molecular flexibility index (Phi) is 5.98. The molecule has 2 aromatic carbocycles. The smallest absolute Gasteiger partial charge is 0.225 e. The van der Waals surface area contributed by atoms with Crippen LogP contribution in [-0.2, 0) is 4.79 Å². The van der Waals surface area contributed by atoms with Gasteiger partial charge in [-0.25, -0.2) is 0 Å². The van der Waals surface area contributed by atoms with Gasteiger partial charge in [0.2, 0.25) is 5.91 Å². The van der Waals surface area contributed by atoms with E-state index in [9.17, 15) is 4.79 Å². The first-order chi connectivity index (χ1) is 14.6. The second-order valence-corrected chi connectivity index (χ2v) is 8.11. The number of nitrogens with one attached hydrogen (secondary N) is 1. The van der Waals surface area contributed by atoms with Crippen molar-refractivity contribution in [2.45, 2.75) is 39.0 Å². The Morgan fingerprint density at radius 3 is 2.73 bits per heavy atom. The number of methoxy groups -OCH3 is 1. The standard InChI is InChI=1S/C25H30N2O3/c1-17-5-4-6-24(18(17)2)30-14-11-25(28)27-12-9-19(10-13-27)22-16-26-23-8-7-20(29-3)15-21(22)23/h4-8,15-16,19,26H,9-14H2,1-3H3. The highest BCUT2D eigenvalue weighted by Gasteiger charge is 2.25. The second kappa shape index (κ2) is 8.82. The number of benzene rings is 2. The van der Waals surface area contributed by atoms with Crippen molar-refractivity contribution in [2.24, 2.45) is 0 Å². The van der Waals surface area contributed by atoms with E-state index in [0.29, 0.717) is 18.9 Å². The molecule has 5 heteroatoms. The van der Waals surface area contributed by atoms with Crippen molar-refractivity contribution in [1.82, 2.24) is 9.88 Å². The van der Waals surface area contributed by atoms with Gasteiger partial charge in [-0.1, -0.05) is 12.1 Å². The molecule has 0 atom stereocenters. The van der Waals surface area contributed by atoms with E-state index in [2.05, 4.69) is 43.2 Å². The third kappa shape index (κ3) is 4.16. The largest absolute Gasteiger partial charge is 0.497 e. The highest BCUT2D eigenvalue weighted by Crippen LogP contribution is 2.34. The SMILES string of the molecule is COc1ccc2[nH]cc(C3CCN(C(=O)CCOc4cccc(C)c4C)CC3)c2c1. The Hall–Kier alpha value is -2.95. The number of hydrogen-bond acceptors (Lipinski definition) is 3. The van der Waals surface area contributed by atoms with Gasteiger partial charge < -0.3 is 19.4 Å². The number of amides is 1. The molecule has 1 saturated heterocycles. The summed E-state index contributed by atoms with van der Waals surface area (Å²) in [6, 6.07) is 12.2. The predicted octanol–water partition coefficient (Wildman–Crippen LogP) is 4.97. The number of fused-ring (bicyclic) bond motifs is 1. The Balaban J connectivity index is 1.31. The topological polar surface area (TPSA) is 54.6 Å². The van der Waals surface area contributed by atoms with Gasteiger partial charge in [0, 0.05) is 30.2 Å². The van der Waals surface area contributed by atoms with Crippen LogP contribution >= 0.6 is 0 Å². The Morgan fingerprint density at radius 2 is 1.97 bits per heavy atom. The Morgan fingerprint density at radius 1 is 1.17 bits per heavy atom. The van der Waals surface area contributed by atoms with Crippen LogP contribution in [0.2, 0.25) is 0 Å². The number of carbonyl (C=O) groups is 1. The van der Waals surface area contributed by atoms with Crippen LogP contribution in [0.4, 0.5) is 0 Å². The van der Waals surface area contributed by atoms with E-state index in [1.54, 1.807) is 7.11 Å². The molecule has 1 aliphatic heterocycles. The van der Waals surface area contributed by atoms with Gasteiger partial charge in [0.25, 0.3) is 0 Å². The quantitative estimate of drug-likeness (QED) is 0.629. The van der Waals surface area contributed by atoms with Gasteiger partial charge in [-0.2, -0.15) is 0 Å². The molecule has 1 amide bonds. The van der Waals surface area contributed by atoms with E-state index < -0.39 is 0 Å². The van der Waals surface area contributed by atoms with Crippen LogP contribution < -0.4 is 9.47 Å². The Labute approximate surface area is 178 Å². The number of carbonyl (C=O) groups excluding carboxylic acids is 1. The van der Waals surface area contributed by atoms with Crippen LogP contribution in [0.15, 0.2) is 42.6 Å². The number of aryl methyl sites for hydroxylation is 1. The number of ether oxygens (including phenoxy) is 2. The lowest BCUT2D eigenvalue weighted by atomic mass is 9.89. The van der Waals surface area contributed by atoms with Gasteiger partial charge in [0.1, 0.15) is 11.5 Å². The second-order valence-electron chi connectivity index (χ2n) is 8.11. The molecule has 158 valence electrons. The van der Waals surface area contributed by atoms with E-state index in [-0.39, 0.29) is 5.91 Å². The summed E-state index contributed by atoms with van der Waals surface area (Å²) >= 11 is 0. The number of rotatable bonds is 6. The number of aromatic nitrogens is 1. The average Bonchev–Trinajstić information content (AvgIpc) is 3.19. The third-order valence-corrected chi connectivity index (χ3v) is 6.34. The van der Waals surface area contributed by atoms with Gasteiger partial charge in [0.05, 0.1) is 20.1 Å². The third-order valence-electron chi connectivity index (χ3n) is 6.34. The van der Waals surface area contributed by atoms with Crippen LogP contribution in [0.3, 0.4) is 0 Å². The fraction of sp³-hybridized carbons (Fsp3) is 0.400. The van der Waals surface area contributed by atoms with E-state index in [1.165, 1.54) is 16.5 Å². The van der Waals surface area contributed by atoms with Crippen LogP contribution in [-0.4, -0.2) is 42.6 Å². The first-order valence-corrected chi connectivity index (χ1v) is 10.7. The monoisotopic (exact) mass is 406 g/mol. The van der Waals surface area contributed by atoms with Crippen molar-refractivity contribution in [3.63, 3.8) is 0 Å². The molecule has 1 aromatic heterocycles. The average molecular weight is 407 g/mol. The summed E-state index contributed by atoms with van der Waals surface area (Å²) in [6.45, 7) is 6.14. The van der Waals surface area contributed by atoms with Crippen LogP contribution in [0.1, 0.15) is 41.9 Å². The molecule has 3 aromatic rings. The van der Waals surface area contributed by atoms with Crippen LogP contribution in [0.5, 0.6) is 11.5 Å². The van der Waals surface area contributed by atoms with Crippen molar-refractivity contribution >= 4 is 16.8 Å². The van der Waals surface area contributed by atoms with E-state index >= 15 is 0 Å². The van der Waals surface area contributed by atoms with Gasteiger partial charge in [0.15, 0.2) is 0 Å². The number of hydrogen-bond donors (Lipinski definition) is 1. The van der Waals surface area contributed by atoms with Crippen molar-refractivity contribution in [3.8, 4) is 11.5 Å². The highest BCUT2D eigenvalue weighted by molar-refractivity contribution is 5.85. The zero-order valence-corrected chi connectivity index (χ0v) is 18.0. The molecule has 0 unspecified atom stereocenters. The molecule has 0 bridgehead atoms. The zero-order chi connectivity index (χ0) is 21.1. The van der Waals surface area contributed by atoms with Gasteiger partial charge >= 0.3 is 0 Å². The molecule has 0 saturated carbocycles. The molecule has 2 heterocycles. The number of aromatic amines is 1. The van der Waals surface area contributed by atoms with Crippen molar-refractivity contribution in [1.29, 1.82) is 0 Å². The molecule has 30 heavy (non-hydrogen) atoms. The minimum Gasteiger partial charge on any atom is -0.497 e. The van der Waals surface area contributed by atoms with Gasteiger partial charge in [-0.15, -0.1) is 0 Å². The maximum atomic E-state index is 12.7.